The first-order valence-electron chi connectivity index (χ1n) is 6.56. The van der Waals surface area contributed by atoms with Crippen molar-refractivity contribution in [1.82, 2.24) is 0 Å². The van der Waals surface area contributed by atoms with Crippen LogP contribution in [0.15, 0.2) is 40.9 Å². The summed E-state index contributed by atoms with van der Waals surface area (Å²) in [5.74, 6) is 0.312. The third kappa shape index (κ3) is 4.63. The zero-order valence-electron chi connectivity index (χ0n) is 11.7. The highest BCUT2D eigenvalue weighted by molar-refractivity contribution is 9.10. The molecule has 0 aromatic heterocycles. The van der Waals surface area contributed by atoms with Gasteiger partial charge in [-0.2, -0.15) is 0 Å². The molecule has 2 aromatic carbocycles. The molecule has 116 valence electrons. The molecule has 3 nitrogen and oxygen atoms in total. The van der Waals surface area contributed by atoms with E-state index in [9.17, 15) is 4.79 Å². The summed E-state index contributed by atoms with van der Waals surface area (Å²) in [6.07, 6.45) is 0.908. The van der Waals surface area contributed by atoms with Crippen LogP contribution < -0.4 is 9.47 Å². The Morgan fingerprint density at radius 2 is 1.86 bits per heavy atom. The molecule has 6 heteroatoms. The predicted molar refractivity (Wildman–Crippen MR) is 91.1 cm³/mol. The van der Waals surface area contributed by atoms with Crippen LogP contribution in [0.2, 0.25) is 10.0 Å². The number of ether oxygens (including phenoxy) is 2. The number of carbonyl (C=O) groups is 1. The van der Waals surface area contributed by atoms with E-state index in [0.717, 1.165) is 16.5 Å². The van der Waals surface area contributed by atoms with Crippen LogP contribution in [-0.4, -0.2) is 12.6 Å². The lowest BCUT2D eigenvalue weighted by atomic mass is 10.2. The standard InChI is InChI=1S/C16H13BrCl2O3/c1-2-10-3-5-14(12(17)7-10)22-16(20)9-21-15-6-4-11(18)8-13(15)19/h3-8H,2,9H2,1H3. The average molecular weight is 404 g/mol. The molecule has 0 aliphatic heterocycles. The van der Waals surface area contributed by atoms with Crippen molar-refractivity contribution in [2.75, 3.05) is 6.61 Å². The Morgan fingerprint density at radius 1 is 1.14 bits per heavy atom. The number of hydrogen-bond donors (Lipinski definition) is 0. The Labute approximate surface area is 147 Å². The van der Waals surface area contributed by atoms with Crippen molar-refractivity contribution in [3.63, 3.8) is 0 Å². The van der Waals surface area contributed by atoms with Gasteiger partial charge < -0.3 is 9.47 Å². The highest BCUT2D eigenvalue weighted by atomic mass is 79.9. The van der Waals surface area contributed by atoms with Gasteiger partial charge in [-0.1, -0.05) is 36.2 Å². The maximum atomic E-state index is 11.8. The van der Waals surface area contributed by atoms with Gasteiger partial charge in [-0.15, -0.1) is 0 Å². The molecule has 0 spiro atoms. The fourth-order valence-electron chi connectivity index (χ4n) is 1.73. The Hall–Kier alpha value is -1.23. The van der Waals surface area contributed by atoms with Gasteiger partial charge in [0.15, 0.2) is 6.61 Å². The van der Waals surface area contributed by atoms with E-state index in [1.165, 1.54) is 0 Å². The minimum absolute atomic E-state index is 0.247. The molecule has 0 unspecified atom stereocenters. The van der Waals surface area contributed by atoms with Crippen LogP contribution in [0.4, 0.5) is 0 Å². The molecule has 0 aliphatic rings. The quantitative estimate of drug-likeness (QED) is 0.501. The van der Waals surface area contributed by atoms with Crippen molar-refractivity contribution in [3.8, 4) is 11.5 Å². The lowest BCUT2D eigenvalue weighted by Gasteiger charge is -2.10. The van der Waals surface area contributed by atoms with Crippen molar-refractivity contribution in [1.29, 1.82) is 0 Å². The second kappa shape index (κ2) is 7.86. The number of rotatable bonds is 5. The first-order valence-corrected chi connectivity index (χ1v) is 8.11. The van der Waals surface area contributed by atoms with Crippen molar-refractivity contribution < 1.29 is 14.3 Å². The normalized spacial score (nSPS) is 10.4. The summed E-state index contributed by atoms with van der Waals surface area (Å²) in [6, 6.07) is 10.3. The SMILES string of the molecule is CCc1ccc(OC(=O)COc2ccc(Cl)cc2Cl)c(Br)c1. The summed E-state index contributed by atoms with van der Waals surface area (Å²) in [4.78, 5) is 11.8. The number of hydrogen-bond acceptors (Lipinski definition) is 3. The van der Waals surface area contributed by atoms with Gasteiger partial charge in [-0.05, 0) is 58.2 Å². The topological polar surface area (TPSA) is 35.5 Å². The maximum absolute atomic E-state index is 11.8. The lowest BCUT2D eigenvalue weighted by molar-refractivity contribution is -0.136. The van der Waals surface area contributed by atoms with Crippen LogP contribution in [-0.2, 0) is 11.2 Å². The molecule has 0 aliphatic carbocycles. The molecule has 0 fully saturated rings. The van der Waals surface area contributed by atoms with Gasteiger partial charge in [0.2, 0.25) is 0 Å². The first kappa shape index (κ1) is 17.1. The Balaban J connectivity index is 1.95. The Bertz CT molecular complexity index is 689. The molecular weight excluding hydrogens is 391 g/mol. The first-order chi connectivity index (χ1) is 10.5. The van der Waals surface area contributed by atoms with E-state index in [4.69, 9.17) is 32.7 Å². The van der Waals surface area contributed by atoms with E-state index < -0.39 is 5.97 Å². The van der Waals surface area contributed by atoms with E-state index in [1.807, 2.05) is 12.1 Å². The molecule has 0 atom stereocenters. The number of benzene rings is 2. The van der Waals surface area contributed by atoms with Crippen LogP contribution >= 0.6 is 39.1 Å². The van der Waals surface area contributed by atoms with Crippen LogP contribution in [0, 0.1) is 0 Å². The molecule has 0 N–H and O–H groups in total. The van der Waals surface area contributed by atoms with Gasteiger partial charge >= 0.3 is 5.97 Å². The monoisotopic (exact) mass is 402 g/mol. The Morgan fingerprint density at radius 3 is 2.50 bits per heavy atom. The number of aryl methyl sites for hydroxylation is 1. The molecular formula is C16H13BrCl2O3. The molecule has 0 saturated carbocycles. The number of carbonyl (C=O) groups excluding carboxylic acids is 1. The molecule has 0 heterocycles. The fraction of sp³-hybridized carbons (Fsp3) is 0.188. The predicted octanol–water partition coefficient (Wildman–Crippen LogP) is 5.30. The molecule has 22 heavy (non-hydrogen) atoms. The number of halogens is 3. The smallest absolute Gasteiger partial charge is 0.349 e. The molecule has 0 amide bonds. The van der Waals surface area contributed by atoms with Gasteiger partial charge in [0.1, 0.15) is 11.5 Å². The molecule has 0 saturated heterocycles. The second-order valence-electron chi connectivity index (χ2n) is 4.46. The summed E-state index contributed by atoms with van der Waals surface area (Å²) < 4.78 is 11.3. The van der Waals surface area contributed by atoms with Crippen molar-refractivity contribution in [2.24, 2.45) is 0 Å². The fourth-order valence-corrected chi connectivity index (χ4v) is 2.70. The summed E-state index contributed by atoms with van der Waals surface area (Å²) >= 11 is 15.1. The summed E-state index contributed by atoms with van der Waals surface area (Å²) in [6.45, 7) is 1.81. The average Bonchev–Trinajstić information content (AvgIpc) is 2.48. The molecule has 0 bridgehead atoms. The molecule has 2 aromatic rings. The van der Waals surface area contributed by atoms with E-state index >= 15 is 0 Å². The summed E-state index contributed by atoms with van der Waals surface area (Å²) in [5.41, 5.74) is 1.15. The lowest BCUT2D eigenvalue weighted by Crippen LogP contribution is -2.18. The van der Waals surface area contributed by atoms with Gasteiger partial charge in [0, 0.05) is 5.02 Å². The molecule has 0 radical (unpaired) electrons. The zero-order chi connectivity index (χ0) is 16.1. The number of esters is 1. The largest absolute Gasteiger partial charge is 0.480 e. The minimum Gasteiger partial charge on any atom is -0.480 e. The van der Waals surface area contributed by atoms with Crippen LogP contribution in [0.1, 0.15) is 12.5 Å². The summed E-state index contributed by atoms with van der Waals surface area (Å²) in [5, 5.41) is 0.841. The zero-order valence-corrected chi connectivity index (χ0v) is 14.8. The van der Waals surface area contributed by atoms with E-state index in [1.54, 1.807) is 24.3 Å². The van der Waals surface area contributed by atoms with Crippen molar-refractivity contribution in [2.45, 2.75) is 13.3 Å². The Kier molecular flexibility index (Phi) is 6.12. The summed E-state index contributed by atoms with van der Waals surface area (Å²) in [7, 11) is 0. The third-order valence-corrected chi connectivity index (χ3v) is 4.02. The van der Waals surface area contributed by atoms with E-state index in [0.29, 0.717) is 21.5 Å². The van der Waals surface area contributed by atoms with E-state index in [-0.39, 0.29) is 6.61 Å². The van der Waals surface area contributed by atoms with Gasteiger partial charge in [0.05, 0.1) is 9.50 Å². The van der Waals surface area contributed by atoms with Gasteiger partial charge in [0.25, 0.3) is 0 Å². The maximum Gasteiger partial charge on any atom is 0.349 e. The van der Waals surface area contributed by atoms with Gasteiger partial charge in [-0.3, -0.25) is 0 Å². The highest BCUT2D eigenvalue weighted by Gasteiger charge is 2.11. The van der Waals surface area contributed by atoms with E-state index in [2.05, 4.69) is 22.9 Å². The van der Waals surface area contributed by atoms with Crippen LogP contribution in [0.5, 0.6) is 11.5 Å². The minimum atomic E-state index is -0.518. The van der Waals surface area contributed by atoms with Gasteiger partial charge in [-0.25, -0.2) is 4.79 Å². The molecule has 2 rings (SSSR count). The second-order valence-corrected chi connectivity index (χ2v) is 6.15. The highest BCUT2D eigenvalue weighted by Crippen LogP contribution is 2.28. The van der Waals surface area contributed by atoms with Crippen molar-refractivity contribution in [3.05, 3.63) is 56.5 Å². The van der Waals surface area contributed by atoms with Crippen LogP contribution in [0.25, 0.3) is 0 Å². The van der Waals surface area contributed by atoms with Crippen LogP contribution in [0.3, 0.4) is 0 Å². The van der Waals surface area contributed by atoms with Crippen molar-refractivity contribution >= 4 is 45.1 Å². The third-order valence-electron chi connectivity index (χ3n) is 2.87.